The Labute approximate surface area is 128 Å². The molecule has 2 aromatic rings. The second-order valence-corrected chi connectivity index (χ2v) is 4.84. The number of carbonyl (C=O) groups excluding carboxylic acids is 1. The highest BCUT2D eigenvalue weighted by molar-refractivity contribution is 5.92. The SMILES string of the molecule is CCN(Cc1ccccc1C)C(=O)c1cnc(C(=O)O)cn1. The van der Waals surface area contributed by atoms with Gasteiger partial charge in [0.15, 0.2) is 5.69 Å². The molecule has 1 amide bonds. The van der Waals surface area contributed by atoms with Crippen LogP contribution in [0.15, 0.2) is 36.7 Å². The first-order chi connectivity index (χ1) is 10.5. The third-order valence-corrected chi connectivity index (χ3v) is 3.38. The molecule has 0 saturated carbocycles. The number of benzene rings is 1. The minimum atomic E-state index is -1.17. The second kappa shape index (κ2) is 6.80. The molecule has 22 heavy (non-hydrogen) atoms. The van der Waals surface area contributed by atoms with Crippen molar-refractivity contribution in [3.63, 3.8) is 0 Å². The summed E-state index contributed by atoms with van der Waals surface area (Å²) in [7, 11) is 0. The number of aromatic carboxylic acids is 1. The number of aryl methyl sites for hydroxylation is 1. The summed E-state index contributed by atoms with van der Waals surface area (Å²) in [6, 6.07) is 7.86. The van der Waals surface area contributed by atoms with E-state index in [4.69, 9.17) is 5.11 Å². The minimum Gasteiger partial charge on any atom is -0.476 e. The molecule has 0 unspecified atom stereocenters. The average Bonchev–Trinajstić information content (AvgIpc) is 2.53. The van der Waals surface area contributed by atoms with Gasteiger partial charge in [-0.3, -0.25) is 4.79 Å². The van der Waals surface area contributed by atoms with Crippen molar-refractivity contribution < 1.29 is 14.7 Å². The van der Waals surface area contributed by atoms with E-state index in [1.54, 1.807) is 4.90 Å². The van der Waals surface area contributed by atoms with E-state index >= 15 is 0 Å². The Kier molecular flexibility index (Phi) is 4.83. The molecule has 1 heterocycles. The molecule has 2 rings (SSSR count). The highest BCUT2D eigenvalue weighted by Gasteiger charge is 2.17. The first-order valence-corrected chi connectivity index (χ1v) is 6.92. The Hall–Kier alpha value is -2.76. The largest absolute Gasteiger partial charge is 0.476 e. The fourth-order valence-electron chi connectivity index (χ4n) is 2.03. The molecular formula is C16H17N3O3. The zero-order valence-electron chi connectivity index (χ0n) is 12.5. The molecule has 0 fully saturated rings. The number of carbonyl (C=O) groups is 2. The van der Waals surface area contributed by atoms with Crippen molar-refractivity contribution in [2.45, 2.75) is 20.4 Å². The molecule has 1 aromatic carbocycles. The molecule has 0 radical (unpaired) electrons. The van der Waals surface area contributed by atoms with E-state index in [-0.39, 0.29) is 17.3 Å². The first-order valence-electron chi connectivity index (χ1n) is 6.92. The number of nitrogens with zero attached hydrogens (tertiary/aromatic N) is 3. The number of hydrogen-bond donors (Lipinski definition) is 1. The Balaban J connectivity index is 2.18. The van der Waals surface area contributed by atoms with Crippen LogP contribution in [0.25, 0.3) is 0 Å². The highest BCUT2D eigenvalue weighted by atomic mass is 16.4. The second-order valence-electron chi connectivity index (χ2n) is 4.84. The lowest BCUT2D eigenvalue weighted by molar-refractivity contribution is 0.0685. The van der Waals surface area contributed by atoms with Gasteiger partial charge < -0.3 is 10.0 Å². The molecule has 6 heteroatoms. The summed E-state index contributed by atoms with van der Waals surface area (Å²) in [6.07, 6.45) is 2.30. The predicted molar refractivity (Wildman–Crippen MR) is 80.6 cm³/mol. The number of amides is 1. The Morgan fingerprint density at radius 2 is 1.77 bits per heavy atom. The normalized spacial score (nSPS) is 10.3. The van der Waals surface area contributed by atoms with E-state index in [9.17, 15) is 9.59 Å². The van der Waals surface area contributed by atoms with Gasteiger partial charge in [0.25, 0.3) is 5.91 Å². The third-order valence-electron chi connectivity index (χ3n) is 3.38. The van der Waals surface area contributed by atoms with Crippen LogP contribution >= 0.6 is 0 Å². The van der Waals surface area contributed by atoms with Crippen molar-refractivity contribution in [3.8, 4) is 0 Å². The number of rotatable bonds is 5. The zero-order chi connectivity index (χ0) is 16.1. The van der Waals surface area contributed by atoms with Gasteiger partial charge in [-0.05, 0) is 25.0 Å². The van der Waals surface area contributed by atoms with E-state index in [1.807, 2.05) is 38.1 Å². The molecule has 0 atom stereocenters. The van der Waals surface area contributed by atoms with E-state index < -0.39 is 5.97 Å². The van der Waals surface area contributed by atoms with Gasteiger partial charge in [0.1, 0.15) is 5.69 Å². The minimum absolute atomic E-state index is 0.139. The maximum absolute atomic E-state index is 12.4. The number of aromatic nitrogens is 2. The fourth-order valence-corrected chi connectivity index (χ4v) is 2.03. The van der Waals surface area contributed by atoms with Gasteiger partial charge in [-0.15, -0.1) is 0 Å². The Morgan fingerprint density at radius 3 is 2.32 bits per heavy atom. The van der Waals surface area contributed by atoms with Gasteiger partial charge in [-0.2, -0.15) is 0 Å². The zero-order valence-corrected chi connectivity index (χ0v) is 12.5. The van der Waals surface area contributed by atoms with Crippen molar-refractivity contribution in [2.24, 2.45) is 0 Å². The van der Waals surface area contributed by atoms with Crippen LogP contribution < -0.4 is 0 Å². The van der Waals surface area contributed by atoms with Crippen molar-refractivity contribution >= 4 is 11.9 Å². The lowest BCUT2D eigenvalue weighted by atomic mass is 10.1. The molecule has 1 N–H and O–H groups in total. The third kappa shape index (κ3) is 3.46. The summed E-state index contributed by atoms with van der Waals surface area (Å²) in [6.45, 7) is 4.88. The van der Waals surface area contributed by atoms with Crippen molar-refractivity contribution in [3.05, 3.63) is 59.2 Å². The van der Waals surface area contributed by atoms with Gasteiger partial charge in [-0.1, -0.05) is 24.3 Å². The van der Waals surface area contributed by atoms with Gasteiger partial charge in [-0.25, -0.2) is 14.8 Å². The quantitative estimate of drug-likeness (QED) is 0.914. The van der Waals surface area contributed by atoms with Crippen LogP contribution in [0.3, 0.4) is 0 Å². The van der Waals surface area contributed by atoms with E-state index in [0.717, 1.165) is 17.3 Å². The topological polar surface area (TPSA) is 83.4 Å². The molecule has 0 saturated heterocycles. The summed E-state index contributed by atoms with van der Waals surface area (Å²) < 4.78 is 0. The van der Waals surface area contributed by atoms with Gasteiger partial charge in [0, 0.05) is 13.1 Å². The van der Waals surface area contributed by atoms with Crippen molar-refractivity contribution in [1.82, 2.24) is 14.9 Å². The number of hydrogen-bond acceptors (Lipinski definition) is 4. The summed E-state index contributed by atoms with van der Waals surface area (Å²) >= 11 is 0. The van der Waals surface area contributed by atoms with Gasteiger partial charge in [0.2, 0.25) is 0 Å². The molecule has 0 bridgehead atoms. The van der Waals surface area contributed by atoms with Gasteiger partial charge in [0.05, 0.1) is 12.4 Å². The van der Waals surface area contributed by atoms with Crippen LogP contribution in [0.1, 0.15) is 39.0 Å². The molecular weight excluding hydrogens is 282 g/mol. The van der Waals surface area contributed by atoms with E-state index in [0.29, 0.717) is 13.1 Å². The van der Waals surface area contributed by atoms with Crippen LogP contribution in [-0.2, 0) is 6.54 Å². The lowest BCUT2D eigenvalue weighted by Crippen LogP contribution is -2.31. The highest BCUT2D eigenvalue weighted by Crippen LogP contribution is 2.12. The number of carboxylic acid groups (broad SMARTS) is 1. The average molecular weight is 299 g/mol. The van der Waals surface area contributed by atoms with Crippen molar-refractivity contribution in [2.75, 3.05) is 6.54 Å². The number of carboxylic acids is 1. The molecule has 0 aliphatic heterocycles. The molecule has 114 valence electrons. The monoisotopic (exact) mass is 299 g/mol. The molecule has 0 spiro atoms. The van der Waals surface area contributed by atoms with Crippen LogP contribution in [0.2, 0.25) is 0 Å². The Morgan fingerprint density at radius 1 is 1.14 bits per heavy atom. The van der Waals surface area contributed by atoms with Crippen LogP contribution in [0.5, 0.6) is 0 Å². The van der Waals surface area contributed by atoms with E-state index in [1.165, 1.54) is 6.20 Å². The maximum atomic E-state index is 12.4. The first kappa shape index (κ1) is 15.6. The summed E-state index contributed by atoms with van der Waals surface area (Å²) in [5.74, 6) is -1.44. The van der Waals surface area contributed by atoms with Crippen LogP contribution in [-0.4, -0.2) is 38.4 Å². The fraction of sp³-hybridized carbons (Fsp3) is 0.250. The summed E-state index contributed by atoms with van der Waals surface area (Å²) in [5, 5.41) is 8.80. The molecule has 0 aliphatic rings. The summed E-state index contributed by atoms with van der Waals surface area (Å²) in [4.78, 5) is 32.5. The molecule has 6 nitrogen and oxygen atoms in total. The molecule has 0 aliphatic carbocycles. The van der Waals surface area contributed by atoms with E-state index in [2.05, 4.69) is 9.97 Å². The van der Waals surface area contributed by atoms with Crippen LogP contribution in [0.4, 0.5) is 0 Å². The lowest BCUT2D eigenvalue weighted by Gasteiger charge is -2.21. The smallest absolute Gasteiger partial charge is 0.356 e. The molecule has 1 aromatic heterocycles. The van der Waals surface area contributed by atoms with Gasteiger partial charge >= 0.3 is 5.97 Å². The van der Waals surface area contributed by atoms with Crippen molar-refractivity contribution in [1.29, 1.82) is 0 Å². The predicted octanol–water partition coefficient (Wildman–Crippen LogP) is 2.15. The van der Waals surface area contributed by atoms with Crippen LogP contribution in [0, 0.1) is 6.92 Å². The summed E-state index contributed by atoms with van der Waals surface area (Å²) in [5.41, 5.74) is 2.13. The standard InChI is InChI=1S/C16H17N3O3/c1-3-19(10-12-7-5-4-6-11(12)2)15(20)13-8-18-14(9-17-13)16(21)22/h4-9H,3,10H2,1-2H3,(H,21,22). The Bertz CT molecular complexity index is 683. The maximum Gasteiger partial charge on any atom is 0.356 e.